The summed E-state index contributed by atoms with van der Waals surface area (Å²) >= 11 is 0. The smallest absolute Gasteiger partial charge is 0.387 e. The Hall–Kier alpha value is -4.28. The van der Waals surface area contributed by atoms with E-state index in [-0.39, 0.29) is 28.5 Å². The van der Waals surface area contributed by atoms with Crippen molar-refractivity contribution in [1.29, 1.82) is 0 Å². The molecule has 5 rings (SSSR count). The van der Waals surface area contributed by atoms with Crippen LogP contribution in [-0.2, 0) is 5.41 Å². The van der Waals surface area contributed by atoms with Gasteiger partial charge in [0.1, 0.15) is 5.41 Å². The van der Waals surface area contributed by atoms with Crippen LogP contribution < -0.4 is 10.2 Å². The van der Waals surface area contributed by atoms with Crippen LogP contribution in [0.1, 0.15) is 43.3 Å². The second-order valence-electron chi connectivity index (χ2n) is 8.76. The lowest BCUT2D eigenvalue weighted by Gasteiger charge is -2.28. The van der Waals surface area contributed by atoms with Gasteiger partial charge in [0.25, 0.3) is 6.43 Å². The van der Waals surface area contributed by atoms with Crippen molar-refractivity contribution in [3.8, 4) is 5.82 Å². The minimum absolute atomic E-state index is 0.0742. The Morgan fingerprint density at radius 3 is 2.58 bits per heavy atom. The van der Waals surface area contributed by atoms with E-state index in [2.05, 4.69) is 30.7 Å². The Labute approximate surface area is 208 Å². The summed E-state index contributed by atoms with van der Waals surface area (Å²) in [6.45, 7) is 1.29. The molecule has 2 N–H and O–H groups in total. The monoisotopic (exact) mass is 541 g/mol. The maximum Gasteiger partial charge on any atom is 0.401 e. The normalized spacial score (nSPS) is 18.3. The van der Waals surface area contributed by atoms with Crippen LogP contribution in [0.15, 0.2) is 30.7 Å². The number of anilines is 2. The molecule has 0 bridgehead atoms. The minimum atomic E-state index is -4.88. The number of nitrogens with one attached hydrogen (secondary N) is 1. The van der Waals surface area contributed by atoms with E-state index >= 15 is 0 Å². The molecule has 4 aromatic rings. The SMILES string of the molecule is CC(O)c1cnnn1-c1ncc(NC(=O)N2C[C@@](C)(C(F)(F)F)c3c2cnc2cc(F)nn32)cc1C(F)F. The summed E-state index contributed by atoms with van der Waals surface area (Å²) in [5.74, 6) is -1.43. The highest BCUT2D eigenvalue weighted by atomic mass is 19.4. The van der Waals surface area contributed by atoms with Gasteiger partial charge in [-0.3, -0.25) is 4.90 Å². The van der Waals surface area contributed by atoms with Gasteiger partial charge < -0.3 is 10.4 Å². The number of carbonyl (C=O) groups excluding carboxylic acids is 1. The predicted molar refractivity (Wildman–Crippen MR) is 117 cm³/mol. The number of rotatable bonds is 4. The summed E-state index contributed by atoms with van der Waals surface area (Å²) in [6.07, 6.45) is -5.95. The molecule has 5 heterocycles. The fourth-order valence-electron chi connectivity index (χ4n) is 4.26. The van der Waals surface area contributed by atoms with Crippen LogP contribution in [0, 0.1) is 5.95 Å². The van der Waals surface area contributed by atoms with Crippen LogP contribution in [0.3, 0.4) is 0 Å². The van der Waals surface area contributed by atoms with Gasteiger partial charge in [-0.05, 0) is 19.9 Å². The third-order valence-corrected chi connectivity index (χ3v) is 6.18. The molecule has 0 aliphatic carbocycles. The molecule has 0 radical (unpaired) electrons. The van der Waals surface area contributed by atoms with E-state index in [0.29, 0.717) is 9.42 Å². The highest BCUT2D eigenvalue weighted by Crippen LogP contribution is 2.50. The number of aliphatic hydroxyl groups excluding tert-OH is 1. The number of aromatic nitrogens is 7. The maximum absolute atomic E-state index is 14.2. The van der Waals surface area contributed by atoms with Gasteiger partial charge in [0, 0.05) is 12.6 Å². The molecule has 0 fully saturated rings. The first-order valence-corrected chi connectivity index (χ1v) is 10.9. The van der Waals surface area contributed by atoms with Crippen LogP contribution in [0.2, 0.25) is 0 Å². The van der Waals surface area contributed by atoms with E-state index in [4.69, 9.17) is 0 Å². The van der Waals surface area contributed by atoms with Crippen molar-refractivity contribution < 1.29 is 36.2 Å². The van der Waals surface area contributed by atoms with E-state index in [1.807, 2.05) is 0 Å². The average Bonchev–Trinajstić information content (AvgIpc) is 3.54. The number of amides is 2. The third kappa shape index (κ3) is 3.89. The van der Waals surface area contributed by atoms with Gasteiger partial charge in [-0.15, -0.1) is 10.2 Å². The Morgan fingerprint density at radius 2 is 1.92 bits per heavy atom. The summed E-state index contributed by atoms with van der Waals surface area (Å²) in [6, 6.07) is 0.618. The Morgan fingerprint density at radius 1 is 1.18 bits per heavy atom. The van der Waals surface area contributed by atoms with Crippen LogP contribution in [0.25, 0.3) is 11.5 Å². The zero-order valence-corrected chi connectivity index (χ0v) is 19.4. The molecular weight excluding hydrogens is 524 g/mol. The fraction of sp³-hybridized carbons (Fsp3) is 0.333. The second-order valence-corrected chi connectivity index (χ2v) is 8.76. The van der Waals surface area contributed by atoms with E-state index in [1.54, 1.807) is 0 Å². The molecular formula is C21H17F6N9O2. The van der Waals surface area contributed by atoms with Crippen molar-refractivity contribution in [2.24, 2.45) is 0 Å². The lowest BCUT2D eigenvalue weighted by molar-refractivity contribution is -0.181. The second kappa shape index (κ2) is 8.64. The molecule has 200 valence electrons. The number of halogens is 6. The number of aliphatic hydroxyl groups is 1. The number of urea groups is 1. The molecule has 2 atom stereocenters. The number of pyridine rings is 1. The van der Waals surface area contributed by atoms with Crippen molar-refractivity contribution >= 4 is 23.1 Å². The zero-order valence-electron chi connectivity index (χ0n) is 19.4. The molecule has 11 nitrogen and oxygen atoms in total. The molecule has 1 unspecified atom stereocenters. The van der Waals surface area contributed by atoms with Gasteiger partial charge in [-0.1, -0.05) is 5.21 Å². The molecule has 1 aliphatic heterocycles. The molecule has 2 amide bonds. The van der Waals surface area contributed by atoms with E-state index in [9.17, 15) is 36.2 Å². The topological polar surface area (TPSA) is 126 Å². The highest BCUT2D eigenvalue weighted by molar-refractivity contribution is 6.03. The first kappa shape index (κ1) is 25.4. The quantitative estimate of drug-likeness (QED) is 0.377. The van der Waals surface area contributed by atoms with Gasteiger partial charge in [-0.2, -0.15) is 22.2 Å². The summed E-state index contributed by atoms with van der Waals surface area (Å²) in [4.78, 5) is 21.6. The molecule has 0 aromatic carbocycles. The summed E-state index contributed by atoms with van der Waals surface area (Å²) < 4.78 is 85.7. The summed E-state index contributed by atoms with van der Waals surface area (Å²) in [5, 5.41) is 22.8. The maximum atomic E-state index is 14.2. The lowest BCUT2D eigenvalue weighted by atomic mass is 9.88. The average molecular weight is 541 g/mol. The Bertz CT molecular complexity index is 1550. The summed E-state index contributed by atoms with van der Waals surface area (Å²) in [7, 11) is 0. The number of fused-ring (bicyclic) bond motifs is 3. The van der Waals surface area contributed by atoms with Gasteiger partial charge >= 0.3 is 12.2 Å². The van der Waals surface area contributed by atoms with E-state index < -0.39 is 53.9 Å². The zero-order chi connectivity index (χ0) is 27.6. The molecule has 1 aliphatic rings. The Kier molecular flexibility index (Phi) is 5.77. The number of carbonyl (C=O) groups is 1. The molecule has 4 aromatic heterocycles. The van der Waals surface area contributed by atoms with Crippen LogP contribution in [0.5, 0.6) is 0 Å². The number of hydrogen-bond donors (Lipinski definition) is 2. The van der Waals surface area contributed by atoms with Gasteiger partial charge in [0.2, 0.25) is 5.95 Å². The Balaban J connectivity index is 1.52. The van der Waals surface area contributed by atoms with Crippen molar-refractivity contribution in [1.82, 2.24) is 34.6 Å². The molecule has 0 saturated heterocycles. The fourth-order valence-corrected chi connectivity index (χ4v) is 4.26. The largest absolute Gasteiger partial charge is 0.401 e. The third-order valence-electron chi connectivity index (χ3n) is 6.18. The van der Waals surface area contributed by atoms with Crippen molar-refractivity contribution in [2.75, 3.05) is 16.8 Å². The van der Waals surface area contributed by atoms with Gasteiger partial charge in [0.05, 0.1) is 53.0 Å². The molecule has 17 heteroatoms. The standard InChI is InChI=1S/C21H17F6N9O2/c1-9(37)12-7-30-33-35(12)18-11(17(23)24)3-10(5-29-18)31-19(38)34-8-20(2,21(25,26)27)16-13(34)6-28-15-4-14(22)32-36(15)16/h3-7,9,17,37H,8H2,1-2H3,(H,31,38)/t9?,20-/m1/s1. The number of hydrogen-bond acceptors (Lipinski definition) is 7. The predicted octanol–water partition coefficient (Wildman–Crippen LogP) is 3.71. The lowest BCUT2D eigenvalue weighted by Crippen LogP contribution is -2.46. The first-order chi connectivity index (χ1) is 17.8. The minimum Gasteiger partial charge on any atom is -0.387 e. The van der Waals surface area contributed by atoms with Gasteiger partial charge in [-0.25, -0.2) is 28.1 Å². The molecule has 0 saturated carbocycles. The van der Waals surface area contributed by atoms with E-state index in [0.717, 1.165) is 42.3 Å². The summed E-state index contributed by atoms with van der Waals surface area (Å²) in [5.41, 5.74) is -4.51. The van der Waals surface area contributed by atoms with Crippen LogP contribution >= 0.6 is 0 Å². The van der Waals surface area contributed by atoms with Crippen molar-refractivity contribution in [2.45, 2.75) is 38.0 Å². The van der Waals surface area contributed by atoms with Gasteiger partial charge in [0.15, 0.2) is 11.5 Å². The first-order valence-electron chi connectivity index (χ1n) is 10.9. The van der Waals surface area contributed by atoms with Crippen LogP contribution in [0.4, 0.5) is 42.5 Å². The molecule has 0 spiro atoms. The number of alkyl halides is 5. The number of nitrogens with zero attached hydrogens (tertiary/aromatic N) is 8. The molecule has 38 heavy (non-hydrogen) atoms. The van der Waals surface area contributed by atoms with E-state index in [1.165, 1.54) is 6.92 Å². The van der Waals surface area contributed by atoms with Crippen LogP contribution in [-0.4, -0.2) is 58.4 Å². The van der Waals surface area contributed by atoms with Crippen molar-refractivity contribution in [3.63, 3.8) is 0 Å². The highest BCUT2D eigenvalue weighted by Gasteiger charge is 2.60. The van der Waals surface area contributed by atoms with Crippen molar-refractivity contribution in [3.05, 3.63) is 53.6 Å².